The number of likely N-dealkylation sites (N-methyl/N-ethyl adjacent to an activating group) is 1. The molecule has 0 spiro atoms. The molecule has 2 N–H and O–H groups in total. The SMILES string of the molecule is CCNC(=O)[C@H](C)NC(=O)Cn1nnc2ccccc21. The molecule has 2 rings (SSSR count). The summed E-state index contributed by atoms with van der Waals surface area (Å²) in [6.07, 6.45) is 0. The Morgan fingerprint density at radius 3 is 2.85 bits per heavy atom. The topological polar surface area (TPSA) is 88.9 Å². The molecule has 20 heavy (non-hydrogen) atoms. The number of rotatable bonds is 5. The summed E-state index contributed by atoms with van der Waals surface area (Å²) >= 11 is 0. The van der Waals surface area contributed by atoms with Gasteiger partial charge in [-0.05, 0) is 26.0 Å². The molecule has 7 nitrogen and oxygen atoms in total. The van der Waals surface area contributed by atoms with E-state index in [1.54, 1.807) is 6.92 Å². The smallest absolute Gasteiger partial charge is 0.242 e. The van der Waals surface area contributed by atoms with Crippen LogP contribution in [0.25, 0.3) is 11.0 Å². The third-order valence-corrected chi connectivity index (χ3v) is 2.84. The summed E-state index contributed by atoms with van der Waals surface area (Å²) in [6, 6.07) is 6.82. The Kier molecular flexibility index (Phi) is 4.29. The first-order valence-electron chi connectivity index (χ1n) is 6.47. The number of hydrogen-bond donors (Lipinski definition) is 2. The van der Waals surface area contributed by atoms with E-state index < -0.39 is 6.04 Å². The van der Waals surface area contributed by atoms with Gasteiger partial charge in [-0.25, -0.2) is 4.68 Å². The van der Waals surface area contributed by atoms with Crippen LogP contribution in [-0.2, 0) is 16.1 Å². The number of para-hydroxylation sites is 1. The van der Waals surface area contributed by atoms with E-state index in [0.717, 1.165) is 11.0 Å². The van der Waals surface area contributed by atoms with Crippen molar-refractivity contribution in [2.75, 3.05) is 6.54 Å². The predicted octanol–water partition coefficient (Wildman–Crippen LogP) is 0.0721. The molecule has 0 saturated carbocycles. The van der Waals surface area contributed by atoms with E-state index >= 15 is 0 Å². The molecule has 7 heteroatoms. The Bertz CT molecular complexity index is 622. The molecule has 0 saturated heterocycles. The molecule has 0 aliphatic heterocycles. The fraction of sp³-hybridized carbons (Fsp3) is 0.385. The van der Waals surface area contributed by atoms with Gasteiger partial charge in [0.2, 0.25) is 11.8 Å². The van der Waals surface area contributed by atoms with Crippen LogP contribution in [0.5, 0.6) is 0 Å². The molecule has 0 aliphatic carbocycles. The van der Waals surface area contributed by atoms with Crippen molar-refractivity contribution in [2.24, 2.45) is 0 Å². The number of benzene rings is 1. The standard InChI is InChI=1S/C13H17N5O2/c1-3-14-13(20)9(2)15-12(19)8-18-11-7-5-4-6-10(11)16-17-18/h4-7,9H,3,8H2,1-2H3,(H,14,20)(H,15,19)/t9-/m0/s1. The molecule has 0 fully saturated rings. The number of aromatic nitrogens is 3. The first-order chi connectivity index (χ1) is 9.61. The Morgan fingerprint density at radius 2 is 2.10 bits per heavy atom. The average molecular weight is 275 g/mol. The first-order valence-corrected chi connectivity index (χ1v) is 6.47. The lowest BCUT2D eigenvalue weighted by molar-refractivity contribution is -0.128. The first kappa shape index (κ1) is 14.0. The molecular weight excluding hydrogens is 258 g/mol. The van der Waals surface area contributed by atoms with Gasteiger partial charge in [-0.3, -0.25) is 9.59 Å². The maximum absolute atomic E-state index is 11.9. The number of amides is 2. The summed E-state index contributed by atoms with van der Waals surface area (Å²) in [5.41, 5.74) is 1.52. The normalized spacial score (nSPS) is 12.1. The molecule has 1 atom stereocenters. The van der Waals surface area contributed by atoms with Gasteiger partial charge in [0.25, 0.3) is 0 Å². The van der Waals surface area contributed by atoms with Gasteiger partial charge in [0, 0.05) is 6.54 Å². The summed E-state index contributed by atoms with van der Waals surface area (Å²) in [4.78, 5) is 23.4. The van der Waals surface area contributed by atoms with E-state index in [-0.39, 0.29) is 18.4 Å². The van der Waals surface area contributed by atoms with Crippen molar-refractivity contribution in [3.8, 4) is 0 Å². The Balaban J connectivity index is 1.99. The van der Waals surface area contributed by atoms with E-state index in [0.29, 0.717) is 6.54 Å². The van der Waals surface area contributed by atoms with Crippen molar-refractivity contribution in [1.82, 2.24) is 25.6 Å². The summed E-state index contributed by atoms with van der Waals surface area (Å²) < 4.78 is 1.51. The molecule has 2 aromatic rings. The van der Waals surface area contributed by atoms with Crippen LogP contribution in [0, 0.1) is 0 Å². The minimum absolute atomic E-state index is 0.0320. The number of nitrogens with one attached hydrogen (secondary N) is 2. The van der Waals surface area contributed by atoms with E-state index in [4.69, 9.17) is 0 Å². The lowest BCUT2D eigenvalue weighted by atomic mass is 10.3. The second-order valence-electron chi connectivity index (χ2n) is 4.42. The average Bonchev–Trinajstić information content (AvgIpc) is 2.82. The van der Waals surface area contributed by atoms with Crippen LogP contribution >= 0.6 is 0 Å². The van der Waals surface area contributed by atoms with Gasteiger partial charge in [-0.2, -0.15) is 0 Å². The molecule has 0 radical (unpaired) electrons. The van der Waals surface area contributed by atoms with Crippen LogP contribution in [-0.4, -0.2) is 39.4 Å². The van der Waals surface area contributed by atoms with Crippen molar-refractivity contribution >= 4 is 22.8 Å². The van der Waals surface area contributed by atoms with Crippen LogP contribution in [0.15, 0.2) is 24.3 Å². The molecule has 0 aliphatic rings. The number of carbonyl (C=O) groups is 2. The number of fused-ring (bicyclic) bond motifs is 1. The van der Waals surface area contributed by atoms with Crippen molar-refractivity contribution in [1.29, 1.82) is 0 Å². The lowest BCUT2D eigenvalue weighted by Gasteiger charge is -2.13. The van der Waals surface area contributed by atoms with Crippen LogP contribution in [0.3, 0.4) is 0 Å². The molecule has 0 bridgehead atoms. The van der Waals surface area contributed by atoms with Crippen LogP contribution in [0.2, 0.25) is 0 Å². The number of nitrogens with zero attached hydrogens (tertiary/aromatic N) is 3. The van der Waals surface area contributed by atoms with Crippen LogP contribution in [0.1, 0.15) is 13.8 Å². The van der Waals surface area contributed by atoms with Gasteiger partial charge in [0.1, 0.15) is 18.1 Å². The third kappa shape index (κ3) is 3.11. The van der Waals surface area contributed by atoms with Gasteiger partial charge in [-0.1, -0.05) is 17.3 Å². The van der Waals surface area contributed by atoms with E-state index in [2.05, 4.69) is 20.9 Å². The quantitative estimate of drug-likeness (QED) is 0.808. The van der Waals surface area contributed by atoms with Gasteiger partial charge in [0.15, 0.2) is 0 Å². The highest BCUT2D eigenvalue weighted by molar-refractivity contribution is 5.87. The number of carbonyl (C=O) groups excluding carboxylic acids is 2. The molecular formula is C13H17N5O2. The van der Waals surface area contributed by atoms with Crippen molar-refractivity contribution in [2.45, 2.75) is 26.4 Å². The maximum Gasteiger partial charge on any atom is 0.242 e. The monoisotopic (exact) mass is 275 g/mol. The minimum atomic E-state index is -0.572. The Labute approximate surface area is 116 Å². The lowest BCUT2D eigenvalue weighted by Crippen LogP contribution is -2.45. The van der Waals surface area contributed by atoms with Gasteiger partial charge in [0.05, 0.1) is 5.52 Å². The summed E-state index contributed by atoms with van der Waals surface area (Å²) in [5, 5.41) is 13.2. The maximum atomic E-state index is 11.9. The van der Waals surface area contributed by atoms with Crippen LogP contribution < -0.4 is 10.6 Å². The molecule has 1 aromatic heterocycles. The largest absolute Gasteiger partial charge is 0.355 e. The highest BCUT2D eigenvalue weighted by Gasteiger charge is 2.15. The molecule has 1 heterocycles. The van der Waals surface area contributed by atoms with E-state index in [1.807, 2.05) is 31.2 Å². The third-order valence-electron chi connectivity index (χ3n) is 2.84. The van der Waals surface area contributed by atoms with Crippen molar-refractivity contribution in [3.63, 3.8) is 0 Å². The highest BCUT2D eigenvalue weighted by Crippen LogP contribution is 2.09. The zero-order valence-electron chi connectivity index (χ0n) is 11.5. The predicted molar refractivity (Wildman–Crippen MR) is 73.8 cm³/mol. The molecule has 1 aromatic carbocycles. The zero-order chi connectivity index (χ0) is 14.5. The summed E-state index contributed by atoms with van der Waals surface area (Å²) in [6.45, 7) is 4.04. The van der Waals surface area contributed by atoms with Gasteiger partial charge < -0.3 is 10.6 Å². The van der Waals surface area contributed by atoms with Crippen molar-refractivity contribution < 1.29 is 9.59 Å². The minimum Gasteiger partial charge on any atom is -0.355 e. The summed E-state index contributed by atoms with van der Waals surface area (Å²) in [5.74, 6) is -0.483. The zero-order valence-corrected chi connectivity index (χ0v) is 11.5. The molecule has 2 amide bonds. The van der Waals surface area contributed by atoms with Gasteiger partial charge >= 0.3 is 0 Å². The fourth-order valence-corrected chi connectivity index (χ4v) is 1.85. The second kappa shape index (κ2) is 6.14. The Hall–Kier alpha value is -2.44. The molecule has 106 valence electrons. The highest BCUT2D eigenvalue weighted by atomic mass is 16.2. The van der Waals surface area contributed by atoms with Crippen LogP contribution in [0.4, 0.5) is 0 Å². The van der Waals surface area contributed by atoms with Crippen molar-refractivity contribution in [3.05, 3.63) is 24.3 Å². The Morgan fingerprint density at radius 1 is 1.35 bits per heavy atom. The van der Waals surface area contributed by atoms with Gasteiger partial charge in [-0.15, -0.1) is 5.10 Å². The number of hydrogen-bond acceptors (Lipinski definition) is 4. The van der Waals surface area contributed by atoms with E-state index in [9.17, 15) is 9.59 Å². The van der Waals surface area contributed by atoms with E-state index in [1.165, 1.54) is 4.68 Å². The summed E-state index contributed by atoms with van der Waals surface area (Å²) in [7, 11) is 0. The second-order valence-corrected chi connectivity index (χ2v) is 4.42. The molecule has 0 unspecified atom stereocenters. The fourth-order valence-electron chi connectivity index (χ4n) is 1.85.